The predicted molar refractivity (Wildman–Crippen MR) is 149 cm³/mol. The maximum atomic E-state index is 14.6. The van der Waals surface area contributed by atoms with Gasteiger partial charge in [0.15, 0.2) is 11.6 Å². The van der Waals surface area contributed by atoms with Gasteiger partial charge in [-0.25, -0.2) is 27.2 Å². The molecule has 4 aromatic rings. The minimum absolute atomic E-state index is 0.00979. The first kappa shape index (κ1) is 27.8. The van der Waals surface area contributed by atoms with Gasteiger partial charge < -0.3 is 9.80 Å². The highest BCUT2D eigenvalue weighted by Crippen LogP contribution is 2.49. The lowest BCUT2D eigenvalue weighted by Gasteiger charge is -2.42. The average molecular weight is 626 g/mol. The molecule has 16 heteroatoms. The minimum Gasteiger partial charge on any atom is -0.345 e. The summed E-state index contributed by atoms with van der Waals surface area (Å²) in [6.45, 7) is 5.81. The standard InChI is InChI=1S/C25H26ClF2N7O4S2/c1-24(2,3)41(38,39)33-7-4-18(14-33)40(36,37)35-20-11-16(27)10-19(26)21(20)22(31-35)34-9-8-32(15-25(34)5-6-25)23-29-12-17(28)13-30-23/h4,7,10-14H,5-6,8-9,15H2,1-3H3. The van der Waals surface area contributed by atoms with E-state index in [0.717, 1.165) is 59.8 Å². The molecule has 41 heavy (non-hydrogen) atoms. The van der Waals surface area contributed by atoms with Gasteiger partial charge in [-0.2, -0.15) is 12.5 Å². The van der Waals surface area contributed by atoms with Crippen LogP contribution in [-0.4, -0.2) is 69.9 Å². The zero-order valence-electron chi connectivity index (χ0n) is 22.3. The number of benzene rings is 1. The maximum Gasteiger partial charge on any atom is 0.285 e. The van der Waals surface area contributed by atoms with E-state index in [1.54, 1.807) is 0 Å². The molecular formula is C25H26ClF2N7O4S2. The number of rotatable bonds is 5. The highest BCUT2D eigenvalue weighted by atomic mass is 35.5. The monoisotopic (exact) mass is 625 g/mol. The van der Waals surface area contributed by atoms with Crippen molar-refractivity contribution >= 4 is 54.3 Å². The molecule has 1 saturated heterocycles. The minimum atomic E-state index is -4.47. The molecule has 1 spiro atoms. The fraction of sp³-hybridized carbons (Fsp3) is 0.400. The van der Waals surface area contributed by atoms with Gasteiger partial charge in [0.1, 0.15) is 10.7 Å². The van der Waals surface area contributed by atoms with Crippen molar-refractivity contribution in [1.82, 2.24) is 23.1 Å². The normalized spacial score (nSPS) is 17.5. The average Bonchev–Trinajstić information content (AvgIpc) is 3.29. The second kappa shape index (κ2) is 9.10. The van der Waals surface area contributed by atoms with E-state index >= 15 is 0 Å². The van der Waals surface area contributed by atoms with Gasteiger partial charge in [-0.3, -0.25) is 3.97 Å². The van der Waals surface area contributed by atoms with Crippen molar-refractivity contribution in [3.63, 3.8) is 0 Å². The van der Waals surface area contributed by atoms with E-state index in [-0.39, 0.29) is 26.6 Å². The molecule has 2 fully saturated rings. The van der Waals surface area contributed by atoms with E-state index < -0.39 is 42.0 Å². The van der Waals surface area contributed by atoms with Crippen molar-refractivity contribution in [3.8, 4) is 0 Å². The largest absolute Gasteiger partial charge is 0.345 e. The maximum absolute atomic E-state index is 14.6. The molecule has 218 valence electrons. The molecule has 0 radical (unpaired) electrons. The second-order valence-corrected chi connectivity index (χ2v) is 16.0. The highest BCUT2D eigenvalue weighted by Gasteiger charge is 2.53. The van der Waals surface area contributed by atoms with Crippen molar-refractivity contribution in [1.29, 1.82) is 0 Å². The molecule has 1 aliphatic carbocycles. The Kier molecular flexibility index (Phi) is 6.18. The molecule has 0 N–H and O–H groups in total. The number of piperazine rings is 1. The molecule has 0 bridgehead atoms. The fourth-order valence-electron chi connectivity index (χ4n) is 5.09. The summed E-state index contributed by atoms with van der Waals surface area (Å²) < 4.78 is 81.8. The zero-order chi connectivity index (χ0) is 29.5. The molecule has 1 aliphatic heterocycles. The van der Waals surface area contributed by atoms with Crippen LogP contribution in [0.15, 0.2) is 47.9 Å². The third kappa shape index (κ3) is 4.45. The molecule has 0 unspecified atom stereocenters. The van der Waals surface area contributed by atoms with Crippen LogP contribution in [0.2, 0.25) is 5.02 Å². The Labute approximate surface area is 240 Å². The SMILES string of the molecule is CC(C)(C)S(=O)(=O)n1ccc(S(=O)(=O)n2nc(N3CCN(c4ncc(F)cn4)CC34CC4)c3c(Cl)cc(F)cc32)c1. The first-order valence-corrected chi connectivity index (χ1v) is 16.0. The first-order chi connectivity index (χ1) is 19.1. The van der Waals surface area contributed by atoms with E-state index in [9.17, 15) is 25.6 Å². The van der Waals surface area contributed by atoms with Crippen LogP contribution in [0, 0.1) is 11.6 Å². The van der Waals surface area contributed by atoms with E-state index in [0.29, 0.717) is 29.7 Å². The molecule has 3 aromatic heterocycles. The second-order valence-electron chi connectivity index (χ2n) is 11.2. The number of hydrogen-bond donors (Lipinski definition) is 0. The summed E-state index contributed by atoms with van der Waals surface area (Å²) in [6, 6.07) is 3.30. The Morgan fingerprint density at radius 1 is 1.00 bits per heavy atom. The van der Waals surface area contributed by atoms with Crippen molar-refractivity contribution < 1.29 is 25.6 Å². The van der Waals surface area contributed by atoms with Crippen LogP contribution in [0.3, 0.4) is 0 Å². The van der Waals surface area contributed by atoms with Gasteiger partial charge >= 0.3 is 0 Å². The highest BCUT2D eigenvalue weighted by molar-refractivity contribution is 7.91. The number of nitrogens with zero attached hydrogens (tertiary/aromatic N) is 7. The van der Waals surface area contributed by atoms with Gasteiger partial charge in [0.05, 0.1) is 38.6 Å². The molecule has 2 aliphatic rings. The molecule has 0 amide bonds. The van der Waals surface area contributed by atoms with Crippen LogP contribution in [-0.2, 0) is 20.0 Å². The van der Waals surface area contributed by atoms with Crippen LogP contribution in [0.5, 0.6) is 0 Å². The van der Waals surface area contributed by atoms with Crippen LogP contribution >= 0.6 is 11.6 Å². The summed E-state index contributed by atoms with van der Waals surface area (Å²) in [5.74, 6) is -0.643. The smallest absolute Gasteiger partial charge is 0.285 e. The lowest BCUT2D eigenvalue weighted by Crippen LogP contribution is -2.56. The van der Waals surface area contributed by atoms with Crippen LogP contribution in [0.4, 0.5) is 20.5 Å². The van der Waals surface area contributed by atoms with Crippen molar-refractivity contribution in [2.45, 2.75) is 48.8 Å². The van der Waals surface area contributed by atoms with Gasteiger partial charge in [0.25, 0.3) is 10.0 Å². The Bertz CT molecular complexity index is 1900. The molecule has 6 rings (SSSR count). The number of aromatic nitrogens is 5. The number of hydrogen-bond acceptors (Lipinski definition) is 9. The molecular weight excluding hydrogens is 600 g/mol. The number of anilines is 2. The molecule has 1 saturated carbocycles. The first-order valence-electron chi connectivity index (χ1n) is 12.7. The summed E-state index contributed by atoms with van der Waals surface area (Å²) in [6.07, 6.45) is 5.89. The fourth-order valence-corrected chi connectivity index (χ4v) is 7.82. The molecule has 4 heterocycles. The summed E-state index contributed by atoms with van der Waals surface area (Å²) in [5, 5.41) is 4.72. The van der Waals surface area contributed by atoms with Crippen LogP contribution < -0.4 is 9.80 Å². The topological polar surface area (TPSA) is 123 Å². The van der Waals surface area contributed by atoms with Gasteiger partial charge in [0.2, 0.25) is 16.0 Å². The van der Waals surface area contributed by atoms with E-state index in [2.05, 4.69) is 15.1 Å². The van der Waals surface area contributed by atoms with E-state index in [4.69, 9.17) is 11.6 Å². The van der Waals surface area contributed by atoms with Gasteiger partial charge in [-0.1, -0.05) is 11.6 Å². The summed E-state index contributed by atoms with van der Waals surface area (Å²) in [5.41, 5.74) is -0.509. The van der Waals surface area contributed by atoms with E-state index in [1.807, 2.05) is 9.80 Å². The zero-order valence-corrected chi connectivity index (χ0v) is 24.7. The van der Waals surface area contributed by atoms with Crippen molar-refractivity contribution in [2.75, 3.05) is 29.4 Å². The summed E-state index contributed by atoms with van der Waals surface area (Å²) >= 11 is 6.50. The molecule has 1 aromatic carbocycles. The van der Waals surface area contributed by atoms with Crippen LogP contribution in [0.1, 0.15) is 33.6 Å². The summed E-state index contributed by atoms with van der Waals surface area (Å²) in [4.78, 5) is 11.7. The lowest BCUT2D eigenvalue weighted by molar-refractivity contribution is 0.497. The van der Waals surface area contributed by atoms with Crippen molar-refractivity contribution in [3.05, 3.63) is 59.6 Å². The predicted octanol–water partition coefficient (Wildman–Crippen LogP) is 3.63. The Hall–Kier alpha value is -3.30. The molecule has 11 nitrogen and oxygen atoms in total. The Balaban J connectivity index is 1.43. The van der Waals surface area contributed by atoms with Gasteiger partial charge in [0, 0.05) is 38.1 Å². The quantitative estimate of drug-likeness (QED) is 0.327. The lowest BCUT2D eigenvalue weighted by atomic mass is 10.1. The van der Waals surface area contributed by atoms with E-state index in [1.165, 1.54) is 20.8 Å². The number of halogens is 3. The molecule has 0 atom stereocenters. The number of fused-ring (bicyclic) bond motifs is 1. The van der Waals surface area contributed by atoms with Gasteiger partial charge in [-0.05, 0) is 45.7 Å². The van der Waals surface area contributed by atoms with Crippen molar-refractivity contribution in [2.24, 2.45) is 0 Å². The Morgan fingerprint density at radius 2 is 1.68 bits per heavy atom. The summed E-state index contributed by atoms with van der Waals surface area (Å²) in [7, 11) is -8.38. The Morgan fingerprint density at radius 3 is 2.32 bits per heavy atom. The van der Waals surface area contributed by atoms with Gasteiger partial charge in [-0.15, -0.1) is 5.10 Å². The van der Waals surface area contributed by atoms with Crippen LogP contribution in [0.25, 0.3) is 10.9 Å². The third-order valence-electron chi connectivity index (χ3n) is 7.49. The third-order valence-corrected chi connectivity index (χ3v) is 11.7.